The maximum absolute atomic E-state index is 12.7. The summed E-state index contributed by atoms with van der Waals surface area (Å²) in [6.45, 7) is 0.0870. The average molecular weight is 2030 g/mol. The molecule has 8 saturated carbocycles. The van der Waals surface area contributed by atoms with Crippen LogP contribution in [0.4, 0.5) is 24.0 Å². The molecule has 1 aromatic carbocycles. The van der Waals surface area contributed by atoms with Crippen molar-refractivity contribution >= 4 is 147 Å². The number of amides is 20. The van der Waals surface area contributed by atoms with Crippen LogP contribution in [0, 0.1) is 189 Å². The number of unbranched alkanes of at least 4 members (excludes halogenated alkanes) is 5. The number of hydrogen-bond donors (Lipinski definition) is 4. The number of carbonyl (C=O) groups excluding carboxylic acids is 23. The van der Waals surface area contributed by atoms with Gasteiger partial charge in [0.25, 0.3) is 105 Å². The minimum Gasteiger partial charge on any atom is -0.433 e. The highest BCUT2D eigenvalue weighted by Crippen LogP contribution is 2.60. The molecule has 47 heteroatoms. The molecule has 16 aliphatic carbocycles. The average Bonchev–Trinajstić information content (AvgIpc) is 1.46. The fraction of sp³-hybridized carbons (Fsp3) is 0.545. The molecule has 766 valence electrons. The van der Waals surface area contributed by atoms with Crippen molar-refractivity contribution < 1.29 is 162 Å². The number of rotatable bonds is 28. The van der Waals surface area contributed by atoms with Crippen LogP contribution in [-0.2, 0) is 141 Å². The Morgan fingerprint density at radius 2 is 0.493 bits per heavy atom. The zero-order valence-electron chi connectivity index (χ0n) is 77.9. The zero-order valence-corrected chi connectivity index (χ0v) is 78.8. The molecule has 8 heterocycles. The third-order valence-electron chi connectivity index (χ3n) is 34.0. The third kappa shape index (κ3) is 16.4. The summed E-state index contributed by atoms with van der Waals surface area (Å²) in [6, 6.07) is 6.01. The Hall–Kier alpha value is -14.5. The summed E-state index contributed by atoms with van der Waals surface area (Å²) < 4.78 is 34.4. The third-order valence-corrected chi connectivity index (χ3v) is 35.1. The van der Waals surface area contributed by atoms with Crippen LogP contribution < -0.4 is 21.3 Å². The minimum absolute atomic E-state index is 0.00623. The fourth-order valence-electron chi connectivity index (χ4n) is 27.6. The molecule has 0 aromatic heterocycles. The summed E-state index contributed by atoms with van der Waals surface area (Å²) in [4.78, 5) is 321. The van der Waals surface area contributed by atoms with Crippen molar-refractivity contribution in [3.05, 3.63) is 133 Å². The topological polar surface area (TPSA) is 584 Å². The normalized spacial score (nSPS) is 36.5. The van der Waals surface area contributed by atoms with Gasteiger partial charge in [-0.05, 0) is 196 Å². The smallest absolute Gasteiger partial charge is 0.433 e. The predicted molar refractivity (Wildman–Crippen MR) is 476 cm³/mol. The van der Waals surface area contributed by atoms with Gasteiger partial charge in [-0.2, -0.15) is 8.42 Å². The largest absolute Gasteiger partial charge is 0.533 e. The van der Waals surface area contributed by atoms with E-state index in [0.717, 1.165) is 44.9 Å². The Kier molecular flexibility index (Phi) is 24.7. The highest BCUT2D eigenvalue weighted by atomic mass is 32.2. The molecule has 32 atom stereocenters. The molecule has 20 amide bonds. The molecular weight excluding hydrogens is 1930 g/mol. The second-order valence-corrected chi connectivity index (χ2v) is 43.4. The second-order valence-electron chi connectivity index (χ2n) is 41.7. The van der Waals surface area contributed by atoms with Crippen LogP contribution >= 0.6 is 0 Å². The number of ether oxygens (including phenoxy) is 1. The van der Waals surface area contributed by atoms with Crippen molar-refractivity contribution in [1.29, 1.82) is 0 Å². The Labute approximate surface area is 829 Å². The van der Waals surface area contributed by atoms with E-state index in [1.165, 1.54) is 12.1 Å². The van der Waals surface area contributed by atoms with E-state index in [9.17, 15) is 119 Å². The van der Waals surface area contributed by atoms with E-state index in [4.69, 9.17) is 42.9 Å². The van der Waals surface area contributed by atoms with Gasteiger partial charge in [-0.1, -0.05) is 127 Å². The number of nitrogens with zero attached hydrogens (tertiary/aromatic N) is 8. The van der Waals surface area contributed by atoms with E-state index >= 15 is 0 Å². The Balaban J connectivity index is 0.000000111. The quantitative estimate of drug-likeness (QED) is 0.0396. The van der Waals surface area contributed by atoms with Crippen LogP contribution in [0.1, 0.15) is 119 Å². The standard InChI is InChI=1S/C27H23N3O8.C26H29N3O9.C25H27N3O8.C21H21N3O9S/c31-22-18-14-5-6-15(9-14)19(18)23(32)29(22)37-26(35)13-3-1-12(2-4-13)11-28-27(36)38-30-24(33)20-16-7-8-17(10-16)21(20)25(30)34;30-21-17-13-5-6-14(11-13)18(17)22(31)28(21)37-25(34)27-9-3-1-2-4-10-36-26(35)38-29-23(32)19-15-7-8-16(12-15)20(19)24(29)33;29-16(35-27-21(30)17-12-5-6-13(10-12)18(17)22(27)31)4-2-1-3-9-26-25(34)36-28-23(32)19-14-7-8-15(11-14)20(19)24(28)33;25-17-13-9-1-2-10(7-9)14(13)18(26)23(17)32-21(29)22-5-6-34(30,31)33-24-19(27)15-11-3-4-12(8-11)16(15)20(24)28/h1-8,14-21H,9-11H2,(H,28,36);5-8,13-20H,1-4,9-12H2,(H,27,34);5-8,12-15,17-20H,1-4,9-11H2,(H,26,34);1-4,9-16H,5-8H2,(H,22,29). The molecule has 16 bridgehead atoms. The van der Waals surface area contributed by atoms with Crippen molar-refractivity contribution in [1.82, 2.24) is 61.8 Å². The molecular formula is C99H100N12O34S. The van der Waals surface area contributed by atoms with Gasteiger partial charge in [-0.15, -0.1) is 39.7 Å². The SMILES string of the molecule is O=C(CCCCCNC(=O)ON1C(=O)C2C3C=CC(C3)C2C1=O)ON1C(=O)C2C3C=CC(C3)C2C1=O.O=C(NCCCCCCOC(=O)ON1C(=O)C2C3C=CC(C3)C2C1=O)ON1C(=O)C2C3C=CC(C3)C2C1=O.O=C(NCCS(=O)(=O)ON1C(=O)C2C3C=CC(C3)C2C1=O)ON1C(=O)C2C3C=CC(C3)C2C1=O.O=C(NCc1ccc(C(=O)ON2C(=O)C3C4C=CC(C4)C3C2=O)cc1)ON1C(=O)C2C3C=CC(C3)C2C1=O. The Morgan fingerprint density at radius 3 is 0.781 bits per heavy atom. The van der Waals surface area contributed by atoms with Gasteiger partial charge < -0.3 is 55.0 Å². The molecule has 25 rings (SSSR count). The summed E-state index contributed by atoms with van der Waals surface area (Å²) in [7, 11) is -4.40. The first-order valence-corrected chi connectivity index (χ1v) is 51.4. The molecule has 1 aromatic rings. The second kappa shape index (κ2) is 37.5. The van der Waals surface area contributed by atoms with Crippen molar-refractivity contribution in [2.75, 3.05) is 32.0 Å². The molecule has 4 N–H and O–H groups in total. The van der Waals surface area contributed by atoms with Crippen molar-refractivity contribution in [2.45, 2.75) is 109 Å². The molecule has 8 aliphatic heterocycles. The number of benzene rings is 1. The first-order valence-electron chi connectivity index (χ1n) is 49.8. The number of carbonyl (C=O) groups is 23. The van der Waals surface area contributed by atoms with E-state index in [1.807, 2.05) is 97.2 Å². The van der Waals surface area contributed by atoms with Gasteiger partial charge in [0.15, 0.2) is 0 Å². The van der Waals surface area contributed by atoms with Crippen LogP contribution in [0.2, 0.25) is 0 Å². The van der Waals surface area contributed by atoms with Crippen molar-refractivity contribution in [3.63, 3.8) is 0 Å². The highest BCUT2D eigenvalue weighted by Gasteiger charge is 2.69. The van der Waals surface area contributed by atoms with Gasteiger partial charge in [-0.25, -0.2) is 33.6 Å². The number of hydrogen-bond acceptors (Lipinski definition) is 34. The van der Waals surface area contributed by atoms with E-state index in [-0.39, 0.29) is 133 Å². The molecule has 24 aliphatic rings. The molecule has 0 radical (unpaired) electrons. The molecule has 0 spiro atoms. The minimum atomic E-state index is -4.40. The lowest BCUT2D eigenvalue weighted by Crippen LogP contribution is -2.41. The number of imide groups is 8. The van der Waals surface area contributed by atoms with Crippen molar-refractivity contribution in [3.8, 4) is 0 Å². The van der Waals surface area contributed by atoms with Crippen LogP contribution in [0.15, 0.2) is 121 Å². The molecule has 146 heavy (non-hydrogen) atoms. The summed E-state index contributed by atoms with van der Waals surface area (Å²) >= 11 is 0. The van der Waals surface area contributed by atoms with Gasteiger partial charge >= 0.3 is 42.5 Å². The fourth-order valence-corrected chi connectivity index (χ4v) is 28.4. The van der Waals surface area contributed by atoms with Gasteiger partial charge in [0.1, 0.15) is 0 Å². The lowest BCUT2D eigenvalue weighted by molar-refractivity contribution is -0.199. The number of fused-ring (bicyclic) bond motifs is 40. The van der Waals surface area contributed by atoms with E-state index in [2.05, 4.69) is 21.3 Å². The van der Waals surface area contributed by atoms with Gasteiger partial charge in [0.05, 0.1) is 113 Å². The van der Waals surface area contributed by atoms with Crippen LogP contribution in [0.3, 0.4) is 0 Å². The van der Waals surface area contributed by atoms with E-state index in [0.29, 0.717) is 97.4 Å². The van der Waals surface area contributed by atoms with Crippen LogP contribution in [0.5, 0.6) is 0 Å². The Bertz CT molecular complexity index is 5890. The maximum Gasteiger partial charge on any atom is 0.533 e. The molecule has 32 unspecified atom stereocenters. The molecule has 16 fully saturated rings. The van der Waals surface area contributed by atoms with Gasteiger partial charge in [0, 0.05) is 32.6 Å². The first kappa shape index (κ1) is 96.3. The maximum atomic E-state index is 12.7. The molecule has 8 saturated heterocycles. The predicted octanol–water partition coefficient (Wildman–Crippen LogP) is 4.15. The lowest BCUT2D eigenvalue weighted by Gasteiger charge is -2.17. The monoisotopic (exact) mass is 2030 g/mol. The summed E-state index contributed by atoms with van der Waals surface area (Å²) in [5, 5.41) is 14.0. The van der Waals surface area contributed by atoms with E-state index < -0.39 is 254 Å². The van der Waals surface area contributed by atoms with Gasteiger partial charge in [0.2, 0.25) is 0 Å². The van der Waals surface area contributed by atoms with E-state index in [1.54, 1.807) is 12.1 Å². The number of nitrogens with one attached hydrogen (secondary N) is 4. The highest BCUT2D eigenvalue weighted by molar-refractivity contribution is 7.86. The first-order chi connectivity index (χ1) is 70.2. The Morgan fingerprint density at radius 1 is 0.260 bits per heavy atom. The lowest BCUT2D eigenvalue weighted by atomic mass is 9.85. The summed E-state index contributed by atoms with van der Waals surface area (Å²) in [5.41, 5.74) is 0.723. The zero-order chi connectivity index (χ0) is 102. The van der Waals surface area contributed by atoms with Crippen LogP contribution in [0.25, 0.3) is 0 Å². The van der Waals surface area contributed by atoms with Crippen molar-refractivity contribution in [2.24, 2.45) is 189 Å². The summed E-state index contributed by atoms with van der Waals surface area (Å²) in [6.07, 6.45) is 36.4. The van der Waals surface area contributed by atoms with Gasteiger partial charge in [-0.3, -0.25) is 81.6 Å². The number of allylic oxidation sites excluding steroid dienone is 16. The number of hydroxylamine groups is 16. The molecule has 46 nitrogen and oxygen atoms in total. The van der Waals surface area contributed by atoms with Crippen LogP contribution in [-0.4, -0.2) is 218 Å². The summed E-state index contributed by atoms with van der Waals surface area (Å²) in [5.74, 6) is -17.9.